The summed E-state index contributed by atoms with van der Waals surface area (Å²) in [4.78, 5) is 2.62. The summed E-state index contributed by atoms with van der Waals surface area (Å²) in [6.45, 7) is 3.38. The van der Waals surface area contributed by atoms with Crippen molar-refractivity contribution < 1.29 is 9.32 Å². The highest BCUT2D eigenvalue weighted by Gasteiger charge is 2.10. The van der Waals surface area contributed by atoms with Crippen molar-refractivity contribution in [2.24, 2.45) is 0 Å². The van der Waals surface area contributed by atoms with Crippen LogP contribution in [-0.2, 0) is 11.0 Å². The van der Waals surface area contributed by atoms with Gasteiger partial charge in [-0.15, -0.1) is 0 Å². The van der Waals surface area contributed by atoms with Gasteiger partial charge >= 0.3 is 0 Å². The molecule has 5 nitrogen and oxygen atoms in total. The maximum absolute atomic E-state index is 11.5. The van der Waals surface area contributed by atoms with Crippen LogP contribution in [0.5, 0.6) is 0 Å². The van der Waals surface area contributed by atoms with Crippen LogP contribution in [0.4, 0.5) is 11.4 Å². The molecule has 1 rings (SSSR count). The lowest BCUT2D eigenvalue weighted by Gasteiger charge is -2.23. The Balaban J connectivity index is 2.99. The molecule has 0 amide bonds. The van der Waals surface area contributed by atoms with Gasteiger partial charge in [0.05, 0.1) is 22.9 Å². The van der Waals surface area contributed by atoms with Crippen LogP contribution in [0.2, 0.25) is 0 Å². The number of nitrogens with zero attached hydrogens (tertiary/aromatic N) is 1. The average molecular weight is 257 g/mol. The summed E-state index contributed by atoms with van der Waals surface area (Å²) in [5, 5.41) is 8.96. The number of nitrogens with two attached hydrogens (primary N) is 1. The van der Waals surface area contributed by atoms with Gasteiger partial charge in [0, 0.05) is 13.1 Å². The summed E-state index contributed by atoms with van der Waals surface area (Å²) in [5.41, 5.74) is 7.37. The van der Waals surface area contributed by atoms with Gasteiger partial charge < -0.3 is 15.7 Å². The lowest BCUT2D eigenvalue weighted by molar-refractivity contribution is 0.302. The van der Waals surface area contributed by atoms with Crippen LogP contribution >= 0.6 is 0 Å². The monoisotopic (exact) mass is 257 g/mol. The minimum absolute atomic E-state index is 0.0808. The van der Waals surface area contributed by atoms with Gasteiger partial charge in [-0.3, -0.25) is 0 Å². The third-order valence-corrected chi connectivity index (χ3v) is 3.54. The maximum atomic E-state index is 11.5. The second-order valence-electron chi connectivity index (χ2n) is 3.50. The molecule has 0 aliphatic rings. The lowest BCUT2D eigenvalue weighted by Crippen LogP contribution is -2.27. The number of benzene rings is 1. The lowest BCUT2D eigenvalue weighted by atomic mass is 10.2. The summed E-state index contributed by atoms with van der Waals surface area (Å²) in [5.74, 6) is 0. The molecular weight excluding hydrogens is 238 g/mol. The van der Waals surface area contributed by atoms with Gasteiger partial charge in [-0.05, 0) is 32.2 Å². The maximum Gasteiger partial charge on any atom is 0.124 e. The number of hydrogen-bond acceptors (Lipinski definition) is 4. The molecule has 0 saturated carbocycles. The molecule has 0 saturated heterocycles. The molecule has 4 N–H and O–H groups in total. The SMILES string of the molecule is CCN(CCO)c1ccc(S(=O)NC)cc1N. The van der Waals surface area contributed by atoms with Crippen molar-refractivity contribution in [2.45, 2.75) is 11.8 Å². The summed E-state index contributed by atoms with van der Waals surface area (Å²) >= 11 is 0. The van der Waals surface area contributed by atoms with Crippen LogP contribution in [0.15, 0.2) is 23.1 Å². The van der Waals surface area contributed by atoms with Gasteiger partial charge in [0.15, 0.2) is 0 Å². The zero-order chi connectivity index (χ0) is 12.8. The molecule has 0 fully saturated rings. The molecule has 0 radical (unpaired) electrons. The number of hydrogen-bond donors (Lipinski definition) is 3. The van der Waals surface area contributed by atoms with E-state index in [9.17, 15) is 4.21 Å². The van der Waals surface area contributed by atoms with E-state index >= 15 is 0 Å². The highest BCUT2D eigenvalue weighted by molar-refractivity contribution is 7.83. The normalized spacial score (nSPS) is 12.4. The van der Waals surface area contributed by atoms with Gasteiger partial charge in [-0.25, -0.2) is 8.93 Å². The smallest absolute Gasteiger partial charge is 0.124 e. The fourth-order valence-corrected chi connectivity index (χ4v) is 2.28. The summed E-state index contributed by atoms with van der Waals surface area (Å²) in [7, 11) is 0.404. The molecule has 17 heavy (non-hydrogen) atoms. The van der Waals surface area contributed by atoms with Crippen LogP contribution in [0.3, 0.4) is 0 Å². The van der Waals surface area contributed by atoms with Crippen molar-refractivity contribution in [3.63, 3.8) is 0 Å². The minimum Gasteiger partial charge on any atom is -0.397 e. The van der Waals surface area contributed by atoms with E-state index in [0.717, 1.165) is 12.2 Å². The Bertz CT molecular complexity index is 398. The van der Waals surface area contributed by atoms with E-state index < -0.39 is 11.0 Å². The molecule has 1 unspecified atom stereocenters. The minimum atomic E-state index is -1.23. The number of rotatable bonds is 6. The summed E-state index contributed by atoms with van der Waals surface area (Å²) in [6, 6.07) is 5.30. The Morgan fingerprint density at radius 3 is 2.71 bits per heavy atom. The first-order valence-corrected chi connectivity index (χ1v) is 6.63. The molecule has 0 spiro atoms. The Morgan fingerprint density at radius 2 is 2.24 bits per heavy atom. The zero-order valence-electron chi connectivity index (χ0n) is 10.1. The Labute approximate surface area is 104 Å². The fourth-order valence-electron chi connectivity index (χ4n) is 1.62. The highest BCUT2D eigenvalue weighted by Crippen LogP contribution is 2.25. The third-order valence-electron chi connectivity index (χ3n) is 2.49. The van der Waals surface area contributed by atoms with E-state index in [1.165, 1.54) is 0 Å². The number of aliphatic hydroxyl groups is 1. The van der Waals surface area contributed by atoms with E-state index in [2.05, 4.69) is 4.72 Å². The van der Waals surface area contributed by atoms with Gasteiger partial charge in [-0.1, -0.05) is 0 Å². The third kappa shape index (κ3) is 3.42. The molecule has 0 aliphatic carbocycles. The topological polar surface area (TPSA) is 78.6 Å². The molecule has 0 bridgehead atoms. The summed E-state index contributed by atoms with van der Waals surface area (Å²) < 4.78 is 14.2. The first-order valence-electron chi connectivity index (χ1n) is 5.48. The first kappa shape index (κ1) is 14.0. The van der Waals surface area contributed by atoms with E-state index in [1.54, 1.807) is 19.2 Å². The van der Waals surface area contributed by atoms with Gasteiger partial charge in [-0.2, -0.15) is 0 Å². The number of nitrogen functional groups attached to an aromatic ring is 1. The van der Waals surface area contributed by atoms with Crippen molar-refractivity contribution in [1.82, 2.24) is 4.72 Å². The number of aliphatic hydroxyl groups excluding tert-OH is 1. The van der Waals surface area contributed by atoms with Gasteiger partial charge in [0.2, 0.25) is 0 Å². The number of likely N-dealkylation sites (N-methyl/N-ethyl adjacent to an activating group) is 1. The van der Waals surface area contributed by atoms with Crippen LogP contribution in [-0.4, -0.2) is 36.1 Å². The highest BCUT2D eigenvalue weighted by atomic mass is 32.2. The van der Waals surface area contributed by atoms with Crippen LogP contribution in [0, 0.1) is 0 Å². The summed E-state index contributed by atoms with van der Waals surface area (Å²) in [6.07, 6.45) is 0. The standard InChI is InChI=1S/C11H19N3O2S/c1-3-14(6-7-15)11-5-4-9(8-10(11)12)17(16)13-2/h4-5,8,13,15H,3,6-7,12H2,1-2H3. The molecular formula is C11H19N3O2S. The van der Waals surface area contributed by atoms with Crippen LogP contribution in [0.25, 0.3) is 0 Å². The van der Waals surface area contributed by atoms with E-state index in [-0.39, 0.29) is 6.61 Å². The molecule has 0 heterocycles. The van der Waals surface area contributed by atoms with Crippen molar-refractivity contribution >= 4 is 22.4 Å². The molecule has 6 heteroatoms. The predicted molar refractivity (Wildman–Crippen MR) is 71.3 cm³/mol. The van der Waals surface area contributed by atoms with Crippen LogP contribution in [0.1, 0.15) is 6.92 Å². The Morgan fingerprint density at radius 1 is 1.53 bits per heavy atom. The Hall–Kier alpha value is -1.11. The van der Waals surface area contributed by atoms with E-state index in [1.807, 2.05) is 17.9 Å². The molecule has 96 valence electrons. The van der Waals surface area contributed by atoms with Crippen LogP contribution < -0.4 is 15.4 Å². The quantitative estimate of drug-likeness (QED) is 0.642. The molecule has 1 aromatic rings. The van der Waals surface area contributed by atoms with Gasteiger partial charge in [0.25, 0.3) is 0 Å². The number of anilines is 2. The second-order valence-corrected chi connectivity index (χ2v) is 4.91. The zero-order valence-corrected chi connectivity index (χ0v) is 11.0. The number of nitrogens with one attached hydrogen (secondary N) is 1. The van der Waals surface area contributed by atoms with Crippen molar-refractivity contribution in [1.29, 1.82) is 0 Å². The second kappa shape index (κ2) is 6.58. The largest absolute Gasteiger partial charge is 0.397 e. The molecule has 1 atom stereocenters. The van der Waals surface area contributed by atoms with Crippen molar-refractivity contribution in [2.75, 3.05) is 37.4 Å². The Kier molecular flexibility index (Phi) is 5.40. The van der Waals surface area contributed by atoms with E-state index in [0.29, 0.717) is 17.1 Å². The molecule has 1 aromatic carbocycles. The molecule has 0 aromatic heterocycles. The average Bonchev–Trinajstić information content (AvgIpc) is 2.35. The fraction of sp³-hybridized carbons (Fsp3) is 0.455. The van der Waals surface area contributed by atoms with Crippen molar-refractivity contribution in [3.05, 3.63) is 18.2 Å². The van der Waals surface area contributed by atoms with Gasteiger partial charge in [0.1, 0.15) is 11.0 Å². The van der Waals surface area contributed by atoms with Crippen molar-refractivity contribution in [3.8, 4) is 0 Å². The van der Waals surface area contributed by atoms with E-state index in [4.69, 9.17) is 10.8 Å². The first-order chi connectivity index (χ1) is 8.13. The molecule has 0 aliphatic heterocycles. The predicted octanol–water partition coefficient (Wildman–Crippen LogP) is 0.329.